The Morgan fingerprint density at radius 3 is 2.33 bits per heavy atom. The third-order valence-corrected chi connectivity index (χ3v) is 6.34. The molecular weight excluding hydrogens is 362 g/mol. The van der Waals surface area contributed by atoms with Crippen LogP contribution in [0.5, 0.6) is 0 Å². The van der Waals surface area contributed by atoms with Gasteiger partial charge in [-0.1, -0.05) is 30.3 Å². The summed E-state index contributed by atoms with van der Waals surface area (Å²) in [6.07, 6.45) is 0. The minimum Gasteiger partial charge on any atom is -0.368 e. The van der Waals surface area contributed by atoms with E-state index in [2.05, 4.69) is 21.8 Å². The van der Waals surface area contributed by atoms with Gasteiger partial charge in [-0.2, -0.15) is 0 Å². The van der Waals surface area contributed by atoms with Crippen LogP contribution in [0.15, 0.2) is 53.4 Å². The summed E-state index contributed by atoms with van der Waals surface area (Å²) in [5.74, 6) is -0.198. The van der Waals surface area contributed by atoms with E-state index in [4.69, 9.17) is 0 Å². The maximum absolute atomic E-state index is 12.5. The molecule has 1 N–H and O–H groups in total. The van der Waals surface area contributed by atoms with Gasteiger partial charge >= 0.3 is 0 Å². The van der Waals surface area contributed by atoms with Gasteiger partial charge in [0.25, 0.3) is 0 Å². The minimum absolute atomic E-state index is 0.198. The molecule has 6 nitrogen and oxygen atoms in total. The monoisotopic (exact) mass is 387 g/mol. The topological polar surface area (TPSA) is 69.7 Å². The molecule has 0 atom stereocenters. The molecule has 1 heterocycles. The van der Waals surface area contributed by atoms with E-state index < -0.39 is 10.0 Å². The zero-order valence-corrected chi connectivity index (χ0v) is 16.5. The Hall–Kier alpha value is -2.38. The molecule has 0 aliphatic carbocycles. The van der Waals surface area contributed by atoms with Crippen molar-refractivity contribution in [3.8, 4) is 0 Å². The van der Waals surface area contributed by atoms with Crippen LogP contribution in [0.4, 0.5) is 5.69 Å². The lowest BCUT2D eigenvalue weighted by Crippen LogP contribution is -2.51. The molecule has 7 heteroatoms. The summed E-state index contributed by atoms with van der Waals surface area (Å²) in [4.78, 5) is 16.6. The van der Waals surface area contributed by atoms with E-state index in [1.165, 1.54) is 0 Å². The van der Waals surface area contributed by atoms with Gasteiger partial charge in [0, 0.05) is 31.9 Å². The van der Waals surface area contributed by atoms with E-state index in [1.807, 2.05) is 31.2 Å². The van der Waals surface area contributed by atoms with Gasteiger partial charge in [-0.05, 0) is 43.2 Å². The highest BCUT2D eigenvalue weighted by molar-refractivity contribution is 7.89. The molecule has 0 spiro atoms. The molecule has 1 fully saturated rings. The number of anilines is 1. The third-order valence-electron chi connectivity index (χ3n) is 4.80. The van der Waals surface area contributed by atoms with Crippen LogP contribution in [0, 0.1) is 13.8 Å². The number of carbonyl (C=O) groups excluding carboxylic acids is 1. The number of piperazine rings is 1. The predicted octanol–water partition coefficient (Wildman–Crippen LogP) is 1.93. The second-order valence-electron chi connectivity index (χ2n) is 6.80. The van der Waals surface area contributed by atoms with Gasteiger partial charge in [0.1, 0.15) is 0 Å². The number of nitrogens with zero attached hydrogens (tertiary/aromatic N) is 2. The molecule has 0 bridgehead atoms. The van der Waals surface area contributed by atoms with E-state index in [0.717, 1.165) is 24.3 Å². The van der Waals surface area contributed by atoms with Crippen molar-refractivity contribution in [3.05, 3.63) is 59.7 Å². The average Bonchev–Trinajstić information content (AvgIpc) is 2.69. The zero-order chi connectivity index (χ0) is 19.4. The molecule has 144 valence electrons. The third kappa shape index (κ3) is 4.67. The number of nitrogens with one attached hydrogen (secondary N) is 1. The molecule has 0 unspecified atom stereocenters. The number of para-hydroxylation sites is 1. The molecule has 27 heavy (non-hydrogen) atoms. The first-order valence-electron chi connectivity index (χ1n) is 9.01. The number of amides is 1. The Morgan fingerprint density at radius 2 is 1.67 bits per heavy atom. The van der Waals surface area contributed by atoms with Crippen molar-refractivity contribution in [2.45, 2.75) is 18.7 Å². The standard InChI is InChI=1S/C20H25N3O3S/c1-16-8-9-17(2)19(14-16)27(25,26)21-15-20(24)23-12-10-22(11-13-23)18-6-4-3-5-7-18/h3-9,14,21H,10-13,15H2,1-2H3. The summed E-state index contributed by atoms with van der Waals surface area (Å²) >= 11 is 0. The molecule has 3 rings (SSSR count). The van der Waals surface area contributed by atoms with Crippen LogP contribution in [-0.2, 0) is 14.8 Å². The zero-order valence-electron chi connectivity index (χ0n) is 15.7. The highest BCUT2D eigenvalue weighted by Crippen LogP contribution is 2.17. The first-order valence-corrected chi connectivity index (χ1v) is 10.5. The fourth-order valence-electron chi connectivity index (χ4n) is 3.20. The Labute approximate surface area is 160 Å². The summed E-state index contributed by atoms with van der Waals surface area (Å²) in [5.41, 5.74) is 2.67. The number of hydrogen-bond donors (Lipinski definition) is 1. The van der Waals surface area contributed by atoms with E-state index in [1.54, 1.807) is 24.0 Å². The predicted molar refractivity (Wildman–Crippen MR) is 106 cm³/mol. The quantitative estimate of drug-likeness (QED) is 0.851. The van der Waals surface area contributed by atoms with Gasteiger partial charge in [-0.25, -0.2) is 13.1 Å². The molecule has 1 aliphatic rings. The fraction of sp³-hybridized carbons (Fsp3) is 0.350. The molecule has 0 saturated carbocycles. The van der Waals surface area contributed by atoms with Crippen LogP contribution in [0.3, 0.4) is 0 Å². The maximum Gasteiger partial charge on any atom is 0.241 e. The highest BCUT2D eigenvalue weighted by atomic mass is 32.2. The van der Waals surface area contributed by atoms with Gasteiger partial charge in [0.05, 0.1) is 11.4 Å². The normalized spacial score (nSPS) is 15.0. The Morgan fingerprint density at radius 1 is 1.00 bits per heavy atom. The van der Waals surface area contributed by atoms with Crippen molar-refractivity contribution in [2.75, 3.05) is 37.6 Å². The largest absolute Gasteiger partial charge is 0.368 e. The van der Waals surface area contributed by atoms with Crippen molar-refractivity contribution < 1.29 is 13.2 Å². The van der Waals surface area contributed by atoms with E-state index in [-0.39, 0.29) is 17.3 Å². The van der Waals surface area contributed by atoms with Crippen LogP contribution in [0.25, 0.3) is 0 Å². The van der Waals surface area contributed by atoms with Gasteiger partial charge in [-0.15, -0.1) is 0 Å². The number of sulfonamides is 1. The lowest BCUT2D eigenvalue weighted by molar-refractivity contribution is -0.130. The van der Waals surface area contributed by atoms with Crippen molar-refractivity contribution in [3.63, 3.8) is 0 Å². The molecule has 2 aromatic carbocycles. The van der Waals surface area contributed by atoms with Gasteiger partial charge in [0.15, 0.2) is 0 Å². The lowest BCUT2D eigenvalue weighted by Gasteiger charge is -2.36. The number of aryl methyl sites for hydroxylation is 2. The second kappa shape index (κ2) is 8.10. The fourth-order valence-corrected chi connectivity index (χ4v) is 4.50. The van der Waals surface area contributed by atoms with E-state index in [9.17, 15) is 13.2 Å². The molecular formula is C20H25N3O3S. The van der Waals surface area contributed by atoms with Crippen LogP contribution < -0.4 is 9.62 Å². The number of benzene rings is 2. The second-order valence-corrected chi connectivity index (χ2v) is 8.53. The molecule has 1 amide bonds. The Bertz CT molecular complexity index is 905. The lowest BCUT2D eigenvalue weighted by atomic mass is 10.2. The van der Waals surface area contributed by atoms with Crippen LogP contribution in [-0.4, -0.2) is 51.9 Å². The Kier molecular flexibility index (Phi) is 5.82. The summed E-state index contributed by atoms with van der Waals surface area (Å²) in [7, 11) is -3.71. The minimum atomic E-state index is -3.71. The molecule has 0 radical (unpaired) electrons. The van der Waals surface area contributed by atoms with Crippen molar-refractivity contribution in [1.29, 1.82) is 0 Å². The van der Waals surface area contributed by atoms with Gasteiger partial charge in [-0.3, -0.25) is 4.79 Å². The first kappa shape index (κ1) is 19.4. The first-order chi connectivity index (χ1) is 12.9. The van der Waals surface area contributed by atoms with E-state index in [0.29, 0.717) is 18.7 Å². The van der Waals surface area contributed by atoms with Crippen molar-refractivity contribution in [1.82, 2.24) is 9.62 Å². The highest BCUT2D eigenvalue weighted by Gasteiger charge is 2.23. The molecule has 1 aliphatic heterocycles. The number of hydrogen-bond acceptors (Lipinski definition) is 4. The SMILES string of the molecule is Cc1ccc(C)c(S(=O)(=O)NCC(=O)N2CCN(c3ccccc3)CC2)c1. The van der Waals surface area contributed by atoms with Gasteiger partial charge < -0.3 is 9.80 Å². The number of carbonyl (C=O) groups is 1. The summed E-state index contributed by atoms with van der Waals surface area (Å²) in [6.45, 7) is 6.01. The molecule has 2 aromatic rings. The summed E-state index contributed by atoms with van der Waals surface area (Å²) < 4.78 is 27.5. The molecule has 1 saturated heterocycles. The van der Waals surface area contributed by atoms with Crippen molar-refractivity contribution >= 4 is 21.6 Å². The van der Waals surface area contributed by atoms with Crippen molar-refractivity contribution in [2.24, 2.45) is 0 Å². The summed E-state index contributed by atoms with van der Waals surface area (Å²) in [5, 5.41) is 0. The van der Waals surface area contributed by atoms with Crippen LogP contribution >= 0.6 is 0 Å². The van der Waals surface area contributed by atoms with Crippen LogP contribution in [0.2, 0.25) is 0 Å². The smallest absolute Gasteiger partial charge is 0.241 e. The maximum atomic E-state index is 12.5. The van der Waals surface area contributed by atoms with Gasteiger partial charge in [0.2, 0.25) is 15.9 Å². The Balaban J connectivity index is 1.56. The summed E-state index contributed by atoms with van der Waals surface area (Å²) in [6, 6.07) is 15.3. The van der Waals surface area contributed by atoms with E-state index >= 15 is 0 Å². The van der Waals surface area contributed by atoms with Crippen LogP contribution in [0.1, 0.15) is 11.1 Å². The number of rotatable bonds is 5. The average molecular weight is 388 g/mol. The molecule has 0 aromatic heterocycles.